The van der Waals surface area contributed by atoms with E-state index < -0.39 is 11.8 Å². The van der Waals surface area contributed by atoms with E-state index in [1.807, 2.05) is 6.92 Å². The Kier molecular flexibility index (Phi) is 4.90. The van der Waals surface area contributed by atoms with Gasteiger partial charge in [0, 0.05) is 30.1 Å². The molecule has 7 heteroatoms. The molecule has 126 valence electrons. The van der Waals surface area contributed by atoms with Crippen molar-refractivity contribution in [3.63, 3.8) is 0 Å². The van der Waals surface area contributed by atoms with Crippen LogP contribution in [0.15, 0.2) is 36.5 Å². The van der Waals surface area contributed by atoms with Crippen molar-refractivity contribution in [2.24, 2.45) is 0 Å². The van der Waals surface area contributed by atoms with Gasteiger partial charge in [-0.3, -0.25) is 4.98 Å². The second-order valence-corrected chi connectivity index (χ2v) is 5.68. The highest BCUT2D eigenvalue weighted by molar-refractivity contribution is 5.99. The molecule has 1 aromatic carbocycles. The summed E-state index contributed by atoms with van der Waals surface area (Å²) in [5, 5.41) is 8.42. The fourth-order valence-corrected chi connectivity index (χ4v) is 2.46. The zero-order valence-corrected chi connectivity index (χ0v) is 13.3. The molecule has 1 aromatic heterocycles. The van der Waals surface area contributed by atoms with Gasteiger partial charge < -0.3 is 20.7 Å². The maximum Gasteiger partial charge on any atom is 0.323 e. The number of anilines is 2. The third-order valence-corrected chi connectivity index (χ3v) is 3.62. The average molecular weight is 330 g/mol. The Morgan fingerprint density at radius 3 is 2.83 bits per heavy atom. The molecule has 6 nitrogen and oxygen atoms in total. The summed E-state index contributed by atoms with van der Waals surface area (Å²) in [7, 11) is 0. The highest BCUT2D eigenvalue weighted by atomic mass is 19.1. The van der Waals surface area contributed by atoms with E-state index in [-0.39, 0.29) is 6.10 Å². The Balaban J connectivity index is 1.64. The zero-order valence-electron chi connectivity index (χ0n) is 13.3. The number of aromatic nitrogens is 1. The Morgan fingerprint density at radius 1 is 1.29 bits per heavy atom. The second kappa shape index (κ2) is 7.27. The largest absolute Gasteiger partial charge is 0.489 e. The molecule has 2 aromatic rings. The summed E-state index contributed by atoms with van der Waals surface area (Å²) in [4.78, 5) is 16.1. The van der Waals surface area contributed by atoms with Crippen molar-refractivity contribution in [3.8, 4) is 5.75 Å². The van der Waals surface area contributed by atoms with Crippen molar-refractivity contribution in [1.82, 2.24) is 10.3 Å². The van der Waals surface area contributed by atoms with E-state index in [0.717, 1.165) is 25.2 Å². The summed E-state index contributed by atoms with van der Waals surface area (Å²) in [6, 6.07) is 7.22. The van der Waals surface area contributed by atoms with Gasteiger partial charge in [0.05, 0.1) is 11.9 Å². The van der Waals surface area contributed by atoms with Crippen LogP contribution in [0, 0.1) is 12.7 Å². The maximum atomic E-state index is 13.7. The predicted octanol–water partition coefficient (Wildman–Crippen LogP) is 2.91. The van der Waals surface area contributed by atoms with E-state index in [4.69, 9.17) is 4.74 Å². The van der Waals surface area contributed by atoms with Crippen LogP contribution in [0.4, 0.5) is 20.6 Å². The predicted molar refractivity (Wildman–Crippen MR) is 89.9 cm³/mol. The van der Waals surface area contributed by atoms with Gasteiger partial charge in [-0.25, -0.2) is 9.18 Å². The summed E-state index contributed by atoms with van der Waals surface area (Å²) in [5.74, 6) is -0.0678. The topological polar surface area (TPSA) is 75.3 Å². The first kappa shape index (κ1) is 16.2. The quantitative estimate of drug-likeness (QED) is 0.806. The van der Waals surface area contributed by atoms with Crippen molar-refractivity contribution in [3.05, 3.63) is 48.0 Å². The normalized spacial score (nSPS) is 16.7. The summed E-state index contributed by atoms with van der Waals surface area (Å²) in [6.07, 6.45) is 2.45. The number of ether oxygens (including phenoxy) is 1. The summed E-state index contributed by atoms with van der Waals surface area (Å²) < 4.78 is 19.5. The molecule has 24 heavy (non-hydrogen) atoms. The van der Waals surface area contributed by atoms with Gasteiger partial charge in [-0.05, 0) is 38.1 Å². The Bertz CT molecular complexity index is 715. The number of carbonyl (C=O) groups excluding carboxylic acids is 1. The van der Waals surface area contributed by atoms with Gasteiger partial charge in [0.25, 0.3) is 0 Å². The smallest absolute Gasteiger partial charge is 0.323 e. The molecular formula is C17H19FN4O2. The molecule has 1 saturated heterocycles. The van der Waals surface area contributed by atoms with Crippen LogP contribution in [0.2, 0.25) is 0 Å². The number of rotatable bonds is 4. The Hall–Kier alpha value is -2.67. The number of aryl methyl sites for hydroxylation is 1. The summed E-state index contributed by atoms with van der Waals surface area (Å²) in [6.45, 7) is 3.48. The van der Waals surface area contributed by atoms with Crippen LogP contribution in [0.1, 0.15) is 12.1 Å². The minimum absolute atomic E-state index is 0.0205. The first-order valence-corrected chi connectivity index (χ1v) is 7.77. The molecule has 1 atom stereocenters. The van der Waals surface area contributed by atoms with Crippen molar-refractivity contribution in [2.45, 2.75) is 19.4 Å². The van der Waals surface area contributed by atoms with Gasteiger partial charge in [-0.2, -0.15) is 0 Å². The Morgan fingerprint density at radius 2 is 2.12 bits per heavy atom. The molecular weight excluding hydrogens is 311 g/mol. The fraction of sp³-hybridized carbons (Fsp3) is 0.294. The lowest BCUT2D eigenvalue weighted by atomic mass is 10.2. The highest BCUT2D eigenvalue weighted by Crippen LogP contribution is 2.22. The number of nitrogens with zero attached hydrogens (tertiary/aromatic N) is 1. The number of carbonyl (C=O) groups is 1. The summed E-state index contributed by atoms with van der Waals surface area (Å²) in [5.41, 5.74) is 1.74. The number of hydrogen-bond donors (Lipinski definition) is 3. The Labute approximate surface area is 139 Å². The maximum absolute atomic E-state index is 13.7. The van der Waals surface area contributed by atoms with E-state index in [1.54, 1.807) is 24.4 Å². The lowest BCUT2D eigenvalue weighted by molar-refractivity contribution is 0.222. The van der Waals surface area contributed by atoms with Crippen LogP contribution >= 0.6 is 0 Å². The number of nitrogens with one attached hydrogen (secondary N) is 3. The van der Waals surface area contributed by atoms with Gasteiger partial charge in [0.2, 0.25) is 0 Å². The van der Waals surface area contributed by atoms with Crippen molar-refractivity contribution < 1.29 is 13.9 Å². The second-order valence-electron chi connectivity index (χ2n) is 5.68. The third kappa shape index (κ3) is 4.42. The molecule has 2 amide bonds. The summed E-state index contributed by atoms with van der Waals surface area (Å²) >= 11 is 0. The molecule has 0 spiro atoms. The third-order valence-electron chi connectivity index (χ3n) is 3.62. The van der Waals surface area contributed by atoms with Crippen molar-refractivity contribution >= 4 is 17.4 Å². The molecule has 0 aliphatic carbocycles. The van der Waals surface area contributed by atoms with Gasteiger partial charge in [0.15, 0.2) is 0 Å². The molecule has 0 saturated carbocycles. The van der Waals surface area contributed by atoms with Crippen LogP contribution < -0.4 is 20.7 Å². The van der Waals surface area contributed by atoms with Crippen LogP contribution in [0.5, 0.6) is 5.75 Å². The van der Waals surface area contributed by atoms with E-state index in [9.17, 15) is 9.18 Å². The molecule has 0 radical (unpaired) electrons. The van der Waals surface area contributed by atoms with E-state index in [0.29, 0.717) is 17.1 Å². The number of halogens is 1. The van der Waals surface area contributed by atoms with E-state index in [2.05, 4.69) is 20.9 Å². The number of hydrogen-bond acceptors (Lipinski definition) is 4. The molecule has 0 bridgehead atoms. The van der Waals surface area contributed by atoms with Crippen molar-refractivity contribution in [1.29, 1.82) is 0 Å². The van der Waals surface area contributed by atoms with Gasteiger partial charge in [-0.15, -0.1) is 0 Å². The highest BCUT2D eigenvalue weighted by Gasteiger charge is 2.16. The first-order valence-electron chi connectivity index (χ1n) is 7.77. The number of amides is 2. The molecule has 1 fully saturated rings. The molecule has 1 aliphatic heterocycles. The fourth-order valence-electron chi connectivity index (χ4n) is 2.46. The average Bonchev–Trinajstić information content (AvgIpc) is 3.02. The lowest BCUT2D eigenvalue weighted by Crippen LogP contribution is -2.21. The zero-order chi connectivity index (χ0) is 16.9. The molecule has 1 aliphatic rings. The monoisotopic (exact) mass is 330 g/mol. The van der Waals surface area contributed by atoms with Gasteiger partial charge >= 0.3 is 6.03 Å². The van der Waals surface area contributed by atoms with E-state index >= 15 is 0 Å². The first-order chi connectivity index (χ1) is 11.6. The van der Waals surface area contributed by atoms with Crippen LogP contribution in [0.25, 0.3) is 0 Å². The number of urea groups is 1. The number of benzene rings is 1. The van der Waals surface area contributed by atoms with Crippen LogP contribution in [-0.4, -0.2) is 30.2 Å². The van der Waals surface area contributed by atoms with Crippen molar-refractivity contribution in [2.75, 3.05) is 23.7 Å². The SMILES string of the molecule is Cc1ccc(NC(=O)Nc2cc(F)cc(OC3CCNC3)c2)cn1. The molecule has 3 rings (SSSR count). The van der Waals surface area contributed by atoms with Gasteiger partial charge in [0.1, 0.15) is 17.7 Å². The molecule has 3 N–H and O–H groups in total. The lowest BCUT2D eigenvalue weighted by Gasteiger charge is -2.14. The molecule has 1 unspecified atom stereocenters. The van der Waals surface area contributed by atoms with Crippen LogP contribution in [-0.2, 0) is 0 Å². The minimum Gasteiger partial charge on any atom is -0.489 e. The van der Waals surface area contributed by atoms with Crippen LogP contribution in [0.3, 0.4) is 0 Å². The molecule has 2 heterocycles. The van der Waals surface area contributed by atoms with Gasteiger partial charge in [-0.1, -0.05) is 0 Å². The van der Waals surface area contributed by atoms with E-state index in [1.165, 1.54) is 12.1 Å². The standard InChI is InChI=1S/C17H19FN4O2/c1-11-2-3-13(9-20-11)21-17(23)22-14-6-12(18)7-16(8-14)24-15-4-5-19-10-15/h2-3,6-9,15,19H,4-5,10H2,1H3,(H2,21,22,23). The number of pyridine rings is 1. The minimum atomic E-state index is -0.472.